The molecule has 2 N–H and O–H groups in total. The monoisotopic (exact) mass is 268 g/mol. The molecule has 3 heteroatoms. The molecule has 20 heavy (non-hydrogen) atoms. The molecule has 1 aliphatic heterocycles. The van der Waals surface area contributed by atoms with Gasteiger partial charge < -0.3 is 14.9 Å². The molecule has 3 nitrogen and oxygen atoms in total. The van der Waals surface area contributed by atoms with Gasteiger partial charge in [-0.2, -0.15) is 0 Å². The molecule has 0 aromatic heterocycles. The predicted molar refractivity (Wildman–Crippen MR) is 78.8 cm³/mol. The number of hydrogen-bond acceptors (Lipinski definition) is 3. The lowest BCUT2D eigenvalue weighted by molar-refractivity contribution is 0.169. The molecule has 1 aliphatic rings. The second-order valence-corrected chi connectivity index (χ2v) is 5.44. The van der Waals surface area contributed by atoms with Gasteiger partial charge in [-0.05, 0) is 49.8 Å². The third-order valence-electron chi connectivity index (χ3n) is 3.49. The minimum absolute atomic E-state index is 0.195. The fourth-order valence-corrected chi connectivity index (χ4v) is 2.46. The number of benzene rings is 2. The zero-order valence-electron chi connectivity index (χ0n) is 11.4. The van der Waals surface area contributed by atoms with Crippen molar-refractivity contribution >= 4 is 11.6 Å². The fourth-order valence-electron chi connectivity index (χ4n) is 2.46. The van der Waals surface area contributed by atoms with Crippen molar-refractivity contribution in [3.63, 3.8) is 0 Å². The van der Waals surface area contributed by atoms with Crippen LogP contribution >= 0.6 is 0 Å². The van der Waals surface area contributed by atoms with Crippen molar-refractivity contribution in [2.45, 2.75) is 19.4 Å². The van der Waals surface area contributed by atoms with Gasteiger partial charge in [-0.1, -0.05) is 12.1 Å². The Balaban J connectivity index is 2.13. The van der Waals surface area contributed by atoms with E-state index in [1.54, 1.807) is 24.3 Å². The van der Waals surface area contributed by atoms with Gasteiger partial charge in [-0.3, -0.25) is 0 Å². The lowest BCUT2D eigenvalue weighted by Crippen LogP contribution is -2.32. The summed E-state index contributed by atoms with van der Waals surface area (Å²) in [7, 11) is 0. The van der Waals surface area contributed by atoms with Crippen molar-refractivity contribution in [3.8, 4) is 17.2 Å². The van der Waals surface area contributed by atoms with E-state index in [0.717, 1.165) is 16.7 Å². The molecule has 102 valence electrons. The average molecular weight is 268 g/mol. The van der Waals surface area contributed by atoms with Gasteiger partial charge in [0.2, 0.25) is 0 Å². The summed E-state index contributed by atoms with van der Waals surface area (Å²) in [6.45, 7) is 3.97. The Morgan fingerprint density at radius 3 is 2.25 bits per heavy atom. The van der Waals surface area contributed by atoms with Crippen LogP contribution in [0.25, 0.3) is 11.6 Å². The van der Waals surface area contributed by atoms with Crippen molar-refractivity contribution < 1.29 is 14.9 Å². The maximum absolute atomic E-state index is 9.54. The van der Waals surface area contributed by atoms with Gasteiger partial charge in [0.25, 0.3) is 0 Å². The van der Waals surface area contributed by atoms with Gasteiger partial charge in [-0.15, -0.1) is 0 Å². The molecule has 2 aromatic carbocycles. The first-order valence-corrected chi connectivity index (χ1v) is 6.49. The number of aromatic hydroxyl groups is 2. The van der Waals surface area contributed by atoms with Crippen LogP contribution in [0.3, 0.4) is 0 Å². The highest BCUT2D eigenvalue weighted by Crippen LogP contribution is 2.41. The molecule has 0 atom stereocenters. The quantitative estimate of drug-likeness (QED) is 0.826. The molecule has 0 radical (unpaired) electrons. The van der Waals surface area contributed by atoms with Crippen LogP contribution in [-0.4, -0.2) is 15.8 Å². The third-order valence-corrected chi connectivity index (χ3v) is 3.49. The average Bonchev–Trinajstić information content (AvgIpc) is 2.38. The van der Waals surface area contributed by atoms with E-state index in [4.69, 9.17) is 4.74 Å². The Kier molecular flexibility index (Phi) is 2.71. The van der Waals surface area contributed by atoms with E-state index >= 15 is 0 Å². The largest absolute Gasteiger partial charge is 0.508 e. The van der Waals surface area contributed by atoms with Crippen LogP contribution in [-0.2, 0) is 0 Å². The molecule has 1 heterocycles. The lowest BCUT2D eigenvalue weighted by atomic mass is 9.87. The van der Waals surface area contributed by atoms with Crippen molar-refractivity contribution in [1.29, 1.82) is 0 Å². The molecule has 0 saturated carbocycles. The molecular formula is C17H16O3. The normalized spacial score (nSPS) is 16.0. The van der Waals surface area contributed by atoms with Gasteiger partial charge in [0.15, 0.2) is 0 Å². The van der Waals surface area contributed by atoms with Crippen molar-refractivity contribution in [3.05, 3.63) is 53.6 Å². The van der Waals surface area contributed by atoms with E-state index in [1.165, 1.54) is 0 Å². The molecule has 2 aromatic rings. The number of phenols is 2. The predicted octanol–water partition coefficient (Wildman–Crippen LogP) is 3.81. The first kappa shape index (κ1) is 12.6. The summed E-state index contributed by atoms with van der Waals surface area (Å²) in [6.07, 6.45) is 2.06. The number of hydrogen-bond donors (Lipinski definition) is 2. The summed E-state index contributed by atoms with van der Waals surface area (Å²) < 4.78 is 6.01. The third kappa shape index (κ3) is 2.11. The highest BCUT2D eigenvalue weighted by molar-refractivity contribution is 5.89. The molecule has 0 saturated heterocycles. The Labute approximate surface area is 117 Å². The number of fused-ring (bicyclic) bond motifs is 1. The zero-order chi connectivity index (χ0) is 14.3. The lowest BCUT2D eigenvalue weighted by Gasteiger charge is -2.34. The minimum Gasteiger partial charge on any atom is -0.508 e. The van der Waals surface area contributed by atoms with E-state index in [9.17, 15) is 10.2 Å². The van der Waals surface area contributed by atoms with E-state index < -0.39 is 5.60 Å². The van der Waals surface area contributed by atoms with Gasteiger partial charge in [0.05, 0.1) is 0 Å². The Morgan fingerprint density at radius 2 is 1.55 bits per heavy atom. The Hall–Kier alpha value is -2.42. The van der Waals surface area contributed by atoms with Gasteiger partial charge in [-0.25, -0.2) is 0 Å². The van der Waals surface area contributed by atoms with Gasteiger partial charge in [0, 0.05) is 17.2 Å². The Morgan fingerprint density at radius 1 is 0.900 bits per heavy atom. The second kappa shape index (κ2) is 4.30. The molecule has 3 rings (SSSR count). The van der Waals surface area contributed by atoms with E-state index in [-0.39, 0.29) is 11.5 Å². The maximum Gasteiger partial charge on any atom is 0.131 e. The first-order valence-electron chi connectivity index (χ1n) is 6.49. The number of phenolic OH excluding ortho intramolecular Hbond substituents is 2. The topological polar surface area (TPSA) is 49.7 Å². The molecule has 0 bridgehead atoms. The fraction of sp³-hybridized carbons (Fsp3) is 0.176. The van der Waals surface area contributed by atoms with Crippen LogP contribution in [0.2, 0.25) is 0 Å². The van der Waals surface area contributed by atoms with Crippen molar-refractivity contribution in [1.82, 2.24) is 0 Å². The van der Waals surface area contributed by atoms with Crippen LogP contribution in [0, 0.1) is 0 Å². The number of rotatable bonds is 1. The van der Waals surface area contributed by atoms with E-state index in [2.05, 4.69) is 6.08 Å². The second-order valence-electron chi connectivity index (χ2n) is 5.44. The van der Waals surface area contributed by atoms with Crippen LogP contribution in [0.15, 0.2) is 42.5 Å². The van der Waals surface area contributed by atoms with Crippen LogP contribution in [0.4, 0.5) is 0 Å². The molecule has 0 fully saturated rings. The molecule has 0 spiro atoms. The zero-order valence-corrected chi connectivity index (χ0v) is 11.4. The molecule has 0 amide bonds. The molecular weight excluding hydrogens is 252 g/mol. The standard InChI is InChI=1S/C17H16O3/c1-17(2)15(11-3-6-13(18)7-4-11)9-12-5-8-14(19)10-16(12)20-17/h3-10,18-19H,1-2H3. The van der Waals surface area contributed by atoms with Crippen LogP contribution in [0.1, 0.15) is 25.0 Å². The van der Waals surface area contributed by atoms with Crippen LogP contribution in [0.5, 0.6) is 17.2 Å². The maximum atomic E-state index is 9.54. The molecule has 0 unspecified atom stereocenters. The Bertz CT molecular complexity index is 682. The highest BCUT2D eigenvalue weighted by atomic mass is 16.5. The van der Waals surface area contributed by atoms with Crippen LogP contribution < -0.4 is 4.74 Å². The minimum atomic E-state index is -0.502. The van der Waals surface area contributed by atoms with E-state index in [1.807, 2.05) is 32.0 Å². The summed E-state index contributed by atoms with van der Waals surface area (Å²) in [5.41, 5.74) is 2.48. The summed E-state index contributed by atoms with van der Waals surface area (Å²) in [6, 6.07) is 12.2. The number of ether oxygens (including phenoxy) is 1. The summed E-state index contributed by atoms with van der Waals surface area (Å²) in [5, 5.41) is 18.9. The van der Waals surface area contributed by atoms with Gasteiger partial charge >= 0.3 is 0 Å². The van der Waals surface area contributed by atoms with E-state index in [0.29, 0.717) is 5.75 Å². The van der Waals surface area contributed by atoms with Crippen molar-refractivity contribution in [2.75, 3.05) is 0 Å². The van der Waals surface area contributed by atoms with Crippen molar-refractivity contribution in [2.24, 2.45) is 0 Å². The summed E-state index contributed by atoms with van der Waals surface area (Å²) in [5.74, 6) is 1.12. The highest BCUT2D eigenvalue weighted by Gasteiger charge is 2.31. The summed E-state index contributed by atoms with van der Waals surface area (Å²) in [4.78, 5) is 0. The first-order chi connectivity index (χ1) is 9.45. The summed E-state index contributed by atoms with van der Waals surface area (Å²) >= 11 is 0. The smallest absolute Gasteiger partial charge is 0.131 e. The van der Waals surface area contributed by atoms with Gasteiger partial charge in [0.1, 0.15) is 22.8 Å². The molecule has 0 aliphatic carbocycles. The SMILES string of the molecule is CC1(C)Oc2cc(O)ccc2C=C1c1ccc(O)cc1.